The van der Waals surface area contributed by atoms with Crippen LogP contribution in [0.15, 0.2) is 59.1 Å². The van der Waals surface area contributed by atoms with Crippen molar-refractivity contribution in [2.75, 3.05) is 18.6 Å². The molecular weight excluding hydrogens is 426 g/mol. The van der Waals surface area contributed by atoms with Gasteiger partial charge in [-0.25, -0.2) is 8.42 Å². The van der Waals surface area contributed by atoms with Gasteiger partial charge in [0.15, 0.2) is 11.5 Å². The van der Waals surface area contributed by atoms with Crippen molar-refractivity contribution in [1.82, 2.24) is 5.16 Å². The van der Waals surface area contributed by atoms with E-state index in [1.165, 1.54) is 11.8 Å². The number of carbonyl (C=O) groups excluding carboxylic acids is 1. The molecule has 1 aliphatic carbocycles. The monoisotopic (exact) mass is 453 g/mol. The quantitative estimate of drug-likeness (QED) is 0.454. The Labute approximate surface area is 188 Å². The molecule has 7 heteroatoms. The molecular formula is C25H27NO5S. The van der Waals surface area contributed by atoms with Crippen LogP contribution < -0.4 is 4.74 Å². The highest BCUT2D eigenvalue weighted by atomic mass is 32.2. The second-order valence-corrected chi connectivity index (χ2v) is 10.7. The predicted octanol–water partition coefficient (Wildman–Crippen LogP) is 4.07. The van der Waals surface area contributed by atoms with E-state index in [0.29, 0.717) is 42.9 Å². The van der Waals surface area contributed by atoms with E-state index in [4.69, 9.17) is 9.26 Å². The third-order valence-corrected chi connectivity index (χ3v) is 6.68. The standard InChI is InChI=1S/C25H27NO5S/c1-32(28,29)13-5-12-30-21-10-8-19(9-11-21)17-24-25-22(26-31-24)15-20(16-23(25)27)14-18-6-3-2-4-7-18/h2-4,6-11,20H,5,12-17H2,1H3. The number of hydrogen-bond donors (Lipinski definition) is 0. The molecule has 0 amide bonds. The van der Waals surface area contributed by atoms with Gasteiger partial charge in [0.1, 0.15) is 15.6 Å². The molecule has 3 aromatic rings. The van der Waals surface area contributed by atoms with Crippen LogP contribution in [0.2, 0.25) is 0 Å². The fourth-order valence-electron chi connectivity index (χ4n) is 4.14. The Balaban J connectivity index is 1.35. The summed E-state index contributed by atoms with van der Waals surface area (Å²) in [6, 6.07) is 17.7. The number of ether oxygens (including phenoxy) is 1. The summed E-state index contributed by atoms with van der Waals surface area (Å²) >= 11 is 0. The first-order chi connectivity index (χ1) is 15.4. The van der Waals surface area contributed by atoms with E-state index in [1.54, 1.807) is 0 Å². The number of rotatable bonds is 9. The van der Waals surface area contributed by atoms with E-state index >= 15 is 0 Å². The van der Waals surface area contributed by atoms with Crippen molar-refractivity contribution in [2.45, 2.75) is 32.1 Å². The van der Waals surface area contributed by atoms with Crippen LogP contribution >= 0.6 is 0 Å². The van der Waals surface area contributed by atoms with Gasteiger partial charge in [-0.05, 0) is 48.4 Å². The first-order valence-electron chi connectivity index (χ1n) is 10.8. The van der Waals surface area contributed by atoms with Crippen molar-refractivity contribution in [2.24, 2.45) is 5.92 Å². The largest absolute Gasteiger partial charge is 0.494 e. The zero-order chi connectivity index (χ0) is 22.6. The maximum Gasteiger partial charge on any atom is 0.168 e. The topological polar surface area (TPSA) is 86.5 Å². The number of sulfone groups is 1. The molecule has 0 fully saturated rings. The molecule has 1 unspecified atom stereocenters. The van der Waals surface area contributed by atoms with Crippen molar-refractivity contribution in [3.8, 4) is 5.75 Å². The van der Waals surface area contributed by atoms with E-state index in [1.807, 2.05) is 42.5 Å². The number of carbonyl (C=O) groups is 1. The van der Waals surface area contributed by atoms with Crippen molar-refractivity contribution in [3.63, 3.8) is 0 Å². The van der Waals surface area contributed by atoms with Crippen molar-refractivity contribution >= 4 is 15.6 Å². The van der Waals surface area contributed by atoms with Crippen molar-refractivity contribution in [3.05, 3.63) is 82.7 Å². The summed E-state index contributed by atoms with van der Waals surface area (Å²) in [4.78, 5) is 12.9. The molecule has 4 rings (SSSR count). The normalized spacial score (nSPS) is 16.0. The fourth-order valence-corrected chi connectivity index (χ4v) is 4.78. The predicted molar refractivity (Wildman–Crippen MR) is 122 cm³/mol. The van der Waals surface area contributed by atoms with E-state index in [2.05, 4.69) is 17.3 Å². The SMILES string of the molecule is CS(=O)(=O)CCCOc1ccc(Cc2onc3c2C(=O)CC(Cc2ccccc2)C3)cc1. The van der Waals surface area contributed by atoms with Gasteiger partial charge >= 0.3 is 0 Å². The van der Waals surface area contributed by atoms with Crippen LogP contribution in [-0.2, 0) is 29.1 Å². The first-order valence-corrected chi connectivity index (χ1v) is 12.9. The minimum absolute atomic E-state index is 0.106. The minimum Gasteiger partial charge on any atom is -0.494 e. The summed E-state index contributed by atoms with van der Waals surface area (Å²) in [5.74, 6) is 1.76. The molecule has 0 N–H and O–H groups in total. The zero-order valence-electron chi connectivity index (χ0n) is 18.1. The van der Waals surface area contributed by atoms with Gasteiger partial charge < -0.3 is 9.26 Å². The zero-order valence-corrected chi connectivity index (χ0v) is 18.9. The second-order valence-electron chi connectivity index (χ2n) is 8.47. The number of ketones is 1. The third kappa shape index (κ3) is 5.85. The second kappa shape index (κ2) is 9.69. The Bertz CT molecular complexity index is 1170. The molecule has 168 valence electrons. The lowest BCUT2D eigenvalue weighted by atomic mass is 9.82. The highest BCUT2D eigenvalue weighted by Crippen LogP contribution is 2.31. The van der Waals surface area contributed by atoms with Crippen LogP contribution in [0.25, 0.3) is 0 Å². The molecule has 0 aliphatic heterocycles. The molecule has 0 bridgehead atoms. The Kier molecular flexibility index (Phi) is 6.74. The molecule has 2 aromatic carbocycles. The van der Waals surface area contributed by atoms with Crippen molar-refractivity contribution < 1.29 is 22.5 Å². The Morgan fingerprint density at radius 3 is 2.50 bits per heavy atom. The number of aromatic nitrogens is 1. The van der Waals surface area contributed by atoms with Crippen LogP contribution in [-0.4, -0.2) is 38.0 Å². The van der Waals surface area contributed by atoms with Gasteiger partial charge in [0.2, 0.25) is 0 Å². The molecule has 0 saturated carbocycles. The molecule has 1 aliphatic rings. The van der Waals surface area contributed by atoms with Gasteiger partial charge in [0, 0.05) is 19.1 Å². The summed E-state index contributed by atoms with van der Waals surface area (Å²) in [6.07, 6.45) is 4.29. The number of fused-ring (bicyclic) bond motifs is 1. The lowest BCUT2D eigenvalue weighted by Gasteiger charge is -2.20. The minimum atomic E-state index is -2.97. The number of Topliss-reactive ketones (excluding diaryl/α,β-unsaturated/α-hetero) is 1. The van der Waals surface area contributed by atoms with Crippen LogP contribution in [0.4, 0.5) is 0 Å². The molecule has 0 radical (unpaired) electrons. The average Bonchev–Trinajstić information content (AvgIpc) is 3.15. The summed E-state index contributed by atoms with van der Waals surface area (Å²) in [7, 11) is -2.97. The van der Waals surface area contributed by atoms with E-state index in [9.17, 15) is 13.2 Å². The summed E-state index contributed by atoms with van der Waals surface area (Å²) < 4.78 is 33.5. The molecule has 1 aromatic heterocycles. The van der Waals surface area contributed by atoms with Crippen LogP contribution in [0.3, 0.4) is 0 Å². The van der Waals surface area contributed by atoms with Gasteiger partial charge in [-0.2, -0.15) is 0 Å². The van der Waals surface area contributed by atoms with Crippen molar-refractivity contribution in [1.29, 1.82) is 0 Å². The van der Waals surface area contributed by atoms with E-state index in [-0.39, 0.29) is 17.5 Å². The number of benzene rings is 2. The summed E-state index contributed by atoms with van der Waals surface area (Å²) in [6.45, 7) is 0.348. The van der Waals surface area contributed by atoms with Crippen LogP contribution in [0.5, 0.6) is 5.75 Å². The van der Waals surface area contributed by atoms with E-state index < -0.39 is 9.84 Å². The lowest BCUT2D eigenvalue weighted by Crippen LogP contribution is -2.22. The lowest BCUT2D eigenvalue weighted by molar-refractivity contribution is 0.0947. The van der Waals surface area contributed by atoms with Crippen LogP contribution in [0, 0.1) is 5.92 Å². The summed E-state index contributed by atoms with van der Waals surface area (Å²) in [5, 5.41) is 4.21. The maximum atomic E-state index is 12.9. The van der Waals surface area contributed by atoms with Gasteiger partial charge in [-0.15, -0.1) is 0 Å². The van der Waals surface area contributed by atoms with E-state index in [0.717, 1.165) is 24.1 Å². The Morgan fingerprint density at radius 2 is 1.78 bits per heavy atom. The Hall–Kier alpha value is -2.93. The fraction of sp³-hybridized carbons (Fsp3) is 0.360. The molecule has 32 heavy (non-hydrogen) atoms. The first kappa shape index (κ1) is 22.3. The van der Waals surface area contributed by atoms with Gasteiger partial charge in [-0.3, -0.25) is 4.79 Å². The highest BCUT2D eigenvalue weighted by molar-refractivity contribution is 7.90. The molecule has 0 saturated heterocycles. The maximum absolute atomic E-state index is 12.9. The average molecular weight is 454 g/mol. The van der Waals surface area contributed by atoms with Crippen LogP contribution in [0.1, 0.15) is 45.8 Å². The third-order valence-electron chi connectivity index (χ3n) is 5.65. The number of hydrogen-bond acceptors (Lipinski definition) is 6. The molecule has 6 nitrogen and oxygen atoms in total. The van der Waals surface area contributed by atoms with Gasteiger partial charge in [0.05, 0.1) is 23.6 Å². The molecule has 1 heterocycles. The summed E-state index contributed by atoms with van der Waals surface area (Å²) in [5.41, 5.74) is 3.64. The molecule has 0 spiro atoms. The van der Waals surface area contributed by atoms with Gasteiger partial charge in [-0.1, -0.05) is 47.6 Å². The smallest absolute Gasteiger partial charge is 0.168 e. The molecule has 1 atom stereocenters. The van der Waals surface area contributed by atoms with Gasteiger partial charge in [0.25, 0.3) is 0 Å². The highest BCUT2D eigenvalue weighted by Gasteiger charge is 2.31. The Morgan fingerprint density at radius 1 is 1.03 bits per heavy atom. The number of nitrogens with zero attached hydrogens (tertiary/aromatic N) is 1.